The smallest absolute Gasteiger partial charge is 0.276 e. The number of hydrazine groups is 1. The lowest BCUT2D eigenvalue weighted by molar-refractivity contribution is -0.123. The van der Waals surface area contributed by atoms with Crippen molar-refractivity contribution >= 4 is 35.0 Å². The molecular formula is C17H16Cl2N2O5. The quantitative estimate of drug-likeness (QED) is 0.730. The van der Waals surface area contributed by atoms with Gasteiger partial charge < -0.3 is 14.2 Å². The molecule has 0 radical (unpaired) electrons. The molecule has 0 bridgehead atoms. The minimum absolute atomic E-state index is 0.253. The number of benzene rings is 2. The van der Waals surface area contributed by atoms with Crippen molar-refractivity contribution in [3.63, 3.8) is 0 Å². The Kier molecular flexibility index (Phi) is 6.94. The van der Waals surface area contributed by atoms with Gasteiger partial charge in [-0.15, -0.1) is 0 Å². The molecule has 2 aromatic rings. The molecule has 0 aromatic heterocycles. The molecule has 9 heteroatoms. The molecule has 2 aromatic carbocycles. The van der Waals surface area contributed by atoms with Gasteiger partial charge in [0.1, 0.15) is 17.2 Å². The van der Waals surface area contributed by atoms with E-state index in [4.69, 9.17) is 37.4 Å². The molecule has 0 unspecified atom stereocenters. The molecule has 2 amide bonds. The van der Waals surface area contributed by atoms with E-state index in [0.29, 0.717) is 22.3 Å². The van der Waals surface area contributed by atoms with Crippen LogP contribution in [0.5, 0.6) is 17.2 Å². The molecular weight excluding hydrogens is 383 g/mol. The summed E-state index contributed by atoms with van der Waals surface area (Å²) in [5.41, 5.74) is 4.77. The van der Waals surface area contributed by atoms with Gasteiger partial charge in [0.05, 0.1) is 19.2 Å². The Morgan fingerprint density at radius 3 is 2.19 bits per heavy atom. The van der Waals surface area contributed by atoms with E-state index < -0.39 is 11.8 Å². The van der Waals surface area contributed by atoms with Crippen molar-refractivity contribution < 1.29 is 23.8 Å². The average Bonchev–Trinajstić information content (AvgIpc) is 2.64. The van der Waals surface area contributed by atoms with Crippen molar-refractivity contribution in [2.24, 2.45) is 0 Å². The van der Waals surface area contributed by atoms with Crippen molar-refractivity contribution in [3.8, 4) is 17.2 Å². The van der Waals surface area contributed by atoms with Gasteiger partial charge >= 0.3 is 0 Å². The Hall–Kier alpha value is -2.64. The molecule has 0 saturated heterocycles. The first-order valence-electron chi connectivity index (χ1n) is 7.33. The van der Waals surface area contributed by atoms with Gasteiger partial charge in [0.25, 0.3) is 11.8 Å². The van der Waals surface area contributed by atoms with E-state index >= 15 is 0 Å². The van der Waals surface area contributed by atoms with Crippen molar-refractivity contribution in [2.75, 3.05) is 20.8 Å². The van der Waals surface area contributed by atoms with Gasteiger partial charge in [0.15, 0.2) is 6.61 Å². The van der Waals surface area contributed by atoms with Gasteiger partial charge in [-0.3, -0.25) is 20.4 Å². The summed E-state index contributed by atoms with van der Waals surface area (Å²) in [5.74, 6) is 0.0810. The fourth-order valence-corrected chi connectivity index (χ4v) is 2.37. The standard InChI is InChI=1S/C17H16Cl2N2O5/c1-24-12-5-10(6-13(8-12)25-2)17(23)21-20-16(22)9-26-15-4-3-11(18)7-14(15)19/h3-8H,9H2,1-2H3,(H,20,22)(H,21,23). The monoisotopic (exact) mass is 398 g/mol. The Morgan fingerprint density at radius 1 is 0.962 bits per heavy atom. The maximum atomic E-state index is 12.1. The fraction of sp³-hybridized carbons (Fsp3) is 0.176. The molecule has 2 rings (SSSR count). The second-order valence-electron chi connectivity index (χ2n) is 4.97. The van der Waals surface area contributed by atoms with Crippen molar-refractivity contribution in [3.05, 3.63) is 52.0 Å². The second kappa shape index (κ2) is 9.17. The number of rotatable bonds is 6. The highest BCUT2D eigenvalue weighted by Crippen LogP contribution is 2.27. The van der Waals surface area contributed by atoms with Crippen LogP contribution >= 0.6 is 23.2 Å². The normalized spacial score (nSPS) is 10.0. The molecule has 0 aliphatic carbocycles. The summed E-state index contributed by atoms with van der Waals surface area (Å²) in [5, 5.41) is 0.727. The molecule has 0 fully saturated rings. The number of hydrogen-bond acceptors (Lipinski definition) is 5. The minimum atomic E-state index is -0.570. The lowest BCUT2D eigenvalue weighted by Gasteiger charge is -2.11. The van der Waals surface area contributed by atoms with Gasteiger partial charge in [-0.2, -0.15) is 0 Å². The van der Waals surface area contributed by atoms with E-state index in [1.54, 1.807) is 18.2 Å². The first-order valence-corrected chi connectivity index (χ1v) is 8.08. The van der Waals surface area contributed by atoms with Gasteiger partial charge in [0.2, 0.25) is 0 Å². The highest BCUT2D eigenvalue weighted by atomic mass is 35.5. The Balaban J connectivity index is 1.89. The van der Waals surface area contributed by atoms with Crippen LogP contribution in [-0.4, -0.2) is 32.6 Å². The largest absolute Gasteiger partial charge is 0.497 e. The number of carbonyl (C=O) groups excluding carboxylic acids is 2. The number of nitrogens with one attached hydrogen (secondary N) is 2. The van der Waals surface area contributed by atoms with Crippen LogP contribution in [0, 0.1) is 0 Å². The van der Waals surface area contributed by atoms with Gasteiger partial charge in [-0.1, -0.05) is 23.2 Å². The zero-order valence-electron chi connectivity index (χ0n) is 14.0. The summed E-state index contributed by atoms with van der Waals surface area (Å²) in [7, 11) is 2.94. The third-order valence-corrected chi connectivity index (χ3v) is 3.71. The van der Waals surface area contributed by atoms with E-state index in [9.17, 15) is 9.59 Å². The van der Waals surface area contributed by atoms with Crippen LogP contribution in [0.25, 0.3) is 0 Å². The third kappa shape index (κ3) is 5.44. The summed E-state index contributed by atoms with van der Waals surface area (Å²) >= 11 is 11.7. The van der Waals surface area contributed by atoms with Crippen LogP contribution in [0.1, 0.15) is 10.4 Å². The molecule has 0 heterocycles. The number of amides is 2. The number of carbonyl (C=O) groups is 2. The lowest BCUT2D eigenvalue weighted by atomic mass is 10.2. The topological polar surface area (TPSA) is 85.9 Å². The molecule has 138 valence electrons. The molecule has 0 saturated carbocycles. The van der Waals surface area contributed by atoms with Crippen molar-refractivity contribution in [1.29, 1.82) is 0 Å². The second-order valence-corrected chi connectivity index (χ2v) is 5.81. The van der Waals surface area contributed by atoms with E-state index in [0.717, 1.165) is 0 Å². The summed E-state index contributed by atoms with van der Waals surface area (Å²) in [4.78, 5) is 23.9. The van der Waals surface area contributed by atoms with Crippen LogP contribution < -0.4 is 25.1 Å². The van der Waals surface area contributed by atoms with E-state index in [1.807, 2.05) is 0 Å². The van der Waals surface area contributed by atoms with E-state index in [-0.39, 0.29) is 17.2 Å². The Bertz CT molecular complexity index is 791. The van der Waals surface area contributed by atoms with Gasteiger partial charge in [0, 0.05) is 16.7 Å². The molecule has 0 atom stereocenters. The number of methoxy groups -OCH3 is 2. The number of hydrogen-bond donors (Lipinski definition) is 2. The van der Waals surface area contributed by atoms with Gasteiger partial charge in [-0.05, 0) is 30.3 Å². The third-order valence-electron chi connectivity index (χ3n) is 3.18. The van der Waals surface area contributed by atoms with Crippen LogP contribution in [0.2, 0.25) is 10.0 Å². The predicted molar refractivity (Wildman–Crippen MR) is 97.1 cm³/mol. The summed E-state index contributed by atoms with van der Waals surface area (Å²) in [6, 6.07) is 9.26. The van der Waals surface area contributed by atoms with Crippen molar-refractivity contribution in [2.45, 2.75) is 0 Å². The first-order chi connectivity index (χ1) is 12.4. The number of ether oxygens (including phenoxy) is 3. The highest BCUT2D eigenvalue weighted by molar-refractivity contribution is 6.35. The Morgan fingerprint density at radius 2 is 1.62 bits per heavy atom. The molecule has 2 N–H and O–H groups in total. The number of halogens is 2. The Labute approximate surface area is 160 Å². The highest BCUT2D eigenvalue weighted by Gasteiger charge is 2.12. The lowest BCUT2D eigenvalue weighted by Crippen LogP contribution is -2.43. The molecule has 0 aliphatic heterocycles. The predicted octanol–water partition coefficient (Wildman–Crippen LogP) is 2.85. The fourth-order valence-electron chi connectivity index (χ4n) is 1.91. The average molecular weight is 399 g/mol. The SMILES string of the molecule is COc1cc(OC)cc(C(=O)NNC(=O)COc2ccc(Cl)cc2Cl)c1. The summed E-state index contributed by atoms with van der Waals surface area (Å²) in [6.45, 7) is -0.344. The zero-order valence-corrected chi connectivity index (χ0v) is 15.5. The first kappa shape index (κ1) is 19.7. The van der Waals surface area contributed by atoms with Gasteiger partial charge in [-0.25, -0.2) is 0 Å². The maximum absolute atomic E-state index is 12.1. The molecule has 26 heavy (non-hydrogen) atoms. The van der Waals surface area contributed by atoms with Crippen LogP contribution in [0.4, 0.5) is 0 Å². The molecule has 0 aliphatic rings. The van der Waals surface area contributed by atoms with E-state index in [2.05, 4.69) is 10.9 Å². The van der Waals surface area contributed by atoms with Crippen LogP contribution in [0.3, 0.4) is 0 Å². The van der Waals surface area contributed by atoms with E-state index in [1.165, 1.54) is 32.4 Å². The maximum Gasteiger partial charge on any atom is 0.276 e. The molecule has 7 nitrogen and oxygen atoms in total. The molecule has 0 spiro atoms. The van der Waals surface area contributed by atoms with Crippen LogP contribution in [0.15, 0.2) is 36.4 Å². The van der Waals surface area contributed by atoms with Crippen molar-refractivity contribution in [1.82, 2.24) is 10.9 Å². The summed E-state index contributed by atoms with van der Waals surface area (Å²) < 4.78 is 15.5. The zero-order chi connectivity index (χ0) is 19.1. The summed E-state index contributed by atoms with van der Waals surface area (Å²) in [6.07, 6.45) is 0. The minimum Gasteiger partial charge on any atom is -0.497 e. The van der Waals surface area contributed by atoms with Crippen LogP contribution in [-0.2, 0) is 4.79 Å².